The number of rotatable bonds is 6. The molecule has 1 atom stereocenters. The van der Waals surface area contributed by atoms with E-state index in [-0.39, 0.29) is 18.4 Å². The minimum Gasteiger partial charge on any atom is -0.355 e. The van der Waals surface area contributed by atoms with Crippen LogP contribution in [0.15, 0.2) is 0 Å². The van der Waals surface area contributed by atoms with E-state index < -0.39 is 5.54 Å². The summed E-state index contributed by atoms with van der Waals surface area (Å²) in [4.78, 5) is 25.8. The summed E-state index contributed by atoms with van der Waals surface area (Å²) in [6.45, 7) is 8.03. The lowest BCUT2D eigenvalue weighted by atomic mass is 9.92. The highest BCUT2D eigenvalue weighted by Gasteiger charge is 2.41. The molecular formula is C13H25N3O2. The van der Waals surface area contributed by atoms with Crippen LogP contribution in [0.2, 0.25) is 0 Å². The van der Waals surface area contributed by atoms with Gasteiger partial charge >= 0.3 is 0 Å². The molecule has 1 saturated heterocycles. The molecule has 2 amide bonds. The zero-order valence-electron chi connectivity index (χ0n) is 11.7. The molecule has 1 unspecified atom stereocenters. The second-order valence-electron chi connectivity index (χ2n) is 4.74. The normalized spacial score (nSPS) is 22.8. The molecule has 1 aliphatic heterocycles. The summed E-state index contributed by atoms with van der Waals surface area (Å²) in [5.74, 6) is -0.0202. The molecule has 1 heterocycles. The van der Waals surface area contributed by atoms with Gasteiger partial charge in [0.25, 0.3) is 0 Å². The fourth-order valence-electron chi connectivity index (χ4n) is 2.50. The lowest BCUT2D eigenvalue weighted by Crippen LogP contribution is -2.56. The van der Waals surface area contributed by atoms with Crippen LogP contribution in [-0.4, -0.2) is 48.4 Å². The van der Waals surface area contributed by atoms with Crippen LogP contribution in [-0.2, 0) is 9.59 Å². The number of amides is 2. The molecule has 0 aliphatic carbocycles. The van der Waals surface area contributed by atoms with Gasteiger partial charge in [-0.3, -0.25) is 9.59 Å². The lowest BCUT2D eigenvalue weighted by Gasteiger charge is -2.33. The number of nitrogens with zero attached hydrogens (tertiary/aromatic N) is 1. The molecule has 1 fully saturated rings. The smallest absolute Gasteiger partial charge is 0.243 e. The molecule has 1 aliphatic rings. The van der Waals surface area contributed by atoms with Crippen molar-refractivity contribution in [1.29, 1.82) is 0 Å². The van der Waals surface area contributed by atoms with Gasteiger partial charge in [-0.1, -0.05) is 6.92 Å². The van der Waals surface area contributed by atoms with E-state index in [1.165, 1.54) is 0 Å². The van der Waals surface area contributed by atoms with Crippen molar-refractivity contribution in [3.05, 3.63) is 0 Å². The van der Waals surface area contributed by atoms with Gasteiger partial charge in [-0.05, 0) is 39.7 Å². The Hall–Kier alpha value is -1.10. The SMILES string of the molecule is CCNC(=O)CN(CC)C(=O)C1(CC)CCCN1. The lowest BCUT2D eigenvalue weighted by molar-refractivity contribution is -0.141. The van der Waals surface area contributed by atoms with Crippen LogP contribution in [0.4, 0.5) is 0 Å². The van der Waals surface area contributed by atoms with Crippen molar-refractivity contribution < 1.29 is 9.59 Å². The number of hydrogen-bond acceptors (Lipinski definition) is 3. The van der Waals surface area contributed by atoms with Crippen molar-refractivity contribution in [2.45, 2.75) is 45.6 Å². The van der Waals surface area contributed by atoms with Gasteiger partial charge in [-0.2, -0.15) is 0 Å². The molecule has 0 aromatic rings. The van der Waals surface area contributed by atoms with Crippen molar-refractivity contribution >= 4 is 11.8 Å². The number of hydrogen-bond donors (Lipinski definition) is 2. The molecule has 0 saturated carbocycles. The van der Waals surface area contributed by atoms with Crippen LogP contribution < -0.4 is 10.6 Å². The first kappa shape index (κ1) is 15.0. The maximum Gasteiger partial charge on any atom is 0.243 e. The van der Waals surface area contributed by atoms with Gasteiger partial charge in [0.2, 0.25) is 11.8 Å². The predicted octanol–water partition coefficient (Wildman–Crippen LogP) is 0.503. The first-order chi connectivity index (χ1) is 8.59. The largest absolute Gasteiger partial charge is 0.355 e. The van der Waals surface area contributed by atoms with Gasteiger partial charge in [0.1, 0.15) is 0 Å². The van der Waals surface area contributed by atoms with Crippen molar-refractivity contribution in [1.82, 2.24) is 15.5 Å². The summed E-state index contributed by atoms with van der Waals surface area (Å²) in [6, 6.07) is 0. The number of likely N-dealkylation sites (N-methyl/N-ethyl adjacent to an activating group) is 2. The van der Waals surface area contributed by atoms with Crippen LogP contribution in [0.5, 0.6) is 0 Å². The first-order valence-electron chi connectivity index (χ1n) is 6.90. The number of carbonyl (C=O) groups excluding carboxylic acids is 2. The average Bonchev–Trinajstić information content (AvgIpc) is 2.85. The van der Waals surface area contributed by atoms with Crippen LogP contribution in [0.25, 0.3) is 0 Å². The van der Waals surface area contributed by atoms with Crippen LogP contribution >= 0.6 is 0 Å². The highest BCUT2D eigenvalue weighted by atomic mass is 16.2. The number of nitrogens with one attached hydrogen (secondary N) is 2. The van der Waals surface area contributed by atoms with E-state index >= 15 is 0 Å². The van der Waals surface area contributed by atoms with Gasteiger partial charge in [-0.15, -0.1) is 0 Å². The molecule has 2 N–H and O–H groups in total. The van der Waals surface area contributed by atoms with E-state index in [4.69, 9.17) is 0 Å². The van der Waals surface area contributed by atoms with E-state index in [9.17, 15) is 9.59 Å². The summed E-state index contributed by atoms with van der Waals surface area (Å²) in [7, 11) is 0. The molecule has 0 radical (unpaired) electrons. The van der Waals surface area contributed by atoms with E-state index in [0.29, 0.717) is 13.1 Å². The van der Waals surface area contributed by atoms with E-state index in [0.717, 1.165) is 25.8 Å². The Morgan fingerprint density at radius 1 is 1.33 bits per heavy atom. The molecule has 5 heteroatoms. The maximum absolute atomic E-state index is 12.6. The van der Waals surface area contributed by atoms with Gasteiger partial charge in [0.05, 0.1) is 12.1 Å². The Labute approximate surface area is 109 Å². The van der Waals surface area contributed by atoms with Gasteiger partial charge in [-0.25, -0.2) is 0 Å². The average molecular weight is 255 g/mol. The Bertz CT molecular complexity index is 299. The zero-order valence-corrected chi connectivity index (χ0v) is 11.7. The minimum absolute atomic E-state index is 0.0660. The molecule has 104 valence electrons. The summed E-state index contributed by atoms with van der Waals surface area (Å²) in [6.07, 6.45) is 2.67. The Morgan fingerprint density at radius 2 is 2.06 bits per heavy atom. The summed E-state index contributed by atoms with van der Waals surface area (Å²) in [5, 5.41) is 6.05. The molecule has 18 heavy (non-hydrogen) atoms. The maximum atomic E-state index is 12.6. The Kier molecular flexibility index (Phi) is 5.59. The summed E-state index contributed by atoms with van der Waals surface area (Å²) in [5.41, 5.74) is -0.442. The predicted molar refractivity (Wildman–Crippen MR) is 71.2 cm³/mol. The second kappa shape index (κ2) is 6.73. The Morgan fingerprint density at radius 3 is 2.50 bits per heavy atom. The van der Waals surface area contributed by atoms with Crippen LogP contribution in [0.1, 0.15) is 40.0 Å². The molecule has 5 nitrogen and oxygen atoms in total. The van der Waals surface area contributed by atoms with Crippen molar-refractivity contribution in [2.24, 2.45) is 0 Å². The second-order valence-corrected chi connectivity index (χ2v) is 4.74. The van der Waals surface area contributed by atoms with Crippen LogP contribution in [0.3, 0.4) is 0 Å². The quantitative estimate of drug-likeness (QED) is 0.726. The topological polar surface area (TPSA) is 61.4 Å². The molecular weight excluding hydrogens is 230 g/mol. The minimum atomic E-state index is -0.442. The highest BCUT2D eigenvalue weighted by molar-refractivity contribution is 5.90. The third kappa shape index (κ3) is 3.22. The fourth-order valence-corrected chi connectivity index (χ4v) is 2.50. The van der Waals surface area contributed by atoms with Gasteiger partial charge in [0.15, 0.2) is 0 Å². The van der Waals surface area contributed by atoms with Gasteiger partial charge in [0, 0.05) is 13.1 Å². The van der Waals surface area contributed by atoms with E-state index in [1.54, 1.807) is 4.90 Å². The molecule has 0 bridgehead atoms. The van der Waals surface area contributed by atoms with Crippen molar-refractivity contribution in [3.63, 3.8) is 0 Å². The van der Waals surface area contributed by atoms with Crippen molar-refractivity contribution in [2.75, 3.05) is 26.2 Å². The molecule has 1 rings (SSSR count). The summed E-state index contributed by atoms with van der Waals surface area (Å²) >= 11 is 0. The molecule has 0 aromatic carbocycles. The fraction of sp³-hybridized carbons (Fsp3) is 0.846. The standard InChI is InChI=1S/C13H25N3O2/c1-4-13(8-7-9-15-13)12(18)16(6-3)10-11(17)14-5-2/h15H,4-10H2,1-3H3,(H,14,17). The highest BCUT2D eigenvalue weighted by Crippen LogP contribution is 2.25. The van der Waals surface area contributed by atoms with Crippen LogP contribution in [0, 0.1) is 0 Å². The first-order valence-corrected chi connectivity index (χ1v) is 6.90. The summed E-state index contributed by atoms with van der Waals surface area (Å²) < 4.78 is 0. The van der Waals surface area contributed by atoms with Gasteiger partial charge < -0.3 is 15.5 Å². The third-order valence-corrected chi connectivity index (χ3v) is 3.63. The monoisotopic (exact) mass is 255 g/mol. The van der Waals surface area contributed by atoms with E-state index in [2.05, 4.69) is 10.6 Å². The third-order valence-electron chi connectivity index (χ3n) is 3.63. The molecule has 0 spiro atoms. The Balaban J connectivity index is 2.69. The van der Waals surface area contributed by atoms with Crippen molar-refractivity contribution in [3.8, 4) is 0 Å². The number of carbonyl (C=O) groups is 2. The van der Waals surface area contributed by atoms with E-state index in [1.807, 2.05) is 20.8 Å². The zero-order chi connectivity index (χ0) is 13.6. The molecule has 0 aromatic heterocycles.